The molecular weight excluding hydrogens is 497 g/mol. The second-order valence-corrected chi connectivity index (χ2v) is 9.23. The molecule has 7 nitrogen and oxygen atoms in total. The Kier molecular flexibility index (Phi) is 7.04. The largest absolute Gasteiger partial charge is 0.573 e. The van der Waals surface area contributed by atoms with Crippen LogP contribution in [0.5, 0.6) is 5.75 Å². The number of piperidine rings is 1. The SMILES string of the molecule is O=C(Cc1ccc(OC(F)(F)F)cc1)Nc1ccc(C2CCN(C(=O)c3cc4cccnn4c3)CC2)cc1. The van der Waals surface area contributed by atoms with E-state index in [1.807, 2.05) is 47.4 Å². The lowest BCUT2D eigenvalue weighted by atomic mass is 9.89. The highest BCUT2D eigenvalue weighted by molar-refractivity contribution is 5.95. The van der Waals surface area contributed by atoms with Crippen molar-refractivity contribution < 1.29 is 27.5 Å². The number of hydrogen-bond acceptors (Lipinski definition) is 4. The highest BCUT2D eigenvalue weighted by atomic mass is 19.4. The number of ether oxygens (including phenoxy) is 1. The lowest BCUT2D eigenvalue weighted by Crippen LogP contribution is -2.37. The van der Waals surface area contributed by atoms with Crippen molar-refractivity contribution in [2.75, 3.05) is 18.4 Å². The second kappa shape index (κ2) is 10.6. The van der Waals surface area contributed by atoms with Gasteiger partial charge in [-0.25, -0.2) is 4.52 Å². The molecule has 2 amide bonds. The summed E-state index contributed by atoms with van der Waals surface area (Å²) in [5.74, 6) is -0.281. The number of aromatic nitrogens is 2. The van der Waals surface area contributed by atoms with Crippen molar-refractivity contribution in [1.29, 1.82) is 0 Å². The summed E-state index contributed by atoms with van der Waals surface area (Å²) in [6.07, 6.45) is 0.397. The van der Waals surface area contributed by atoms with Gasteiger partial charge in [-0.1, -0.05) is 24.3 Å². The average molecular weight is 523 g/mol. The molecule has 3 heterocycles. The van der Waals surface area contributed by atoms with Crippen LogP contribution < -0.4 is 10.1 Å². The maximum Gasteiger partial charge on any atom is 0.573 e. The normalized spacial score (nSPS) is 14.4. The topological polar surface area (TPSA) is 75.9 Å². The summed E-state index contributed by atoms with van der Waals surface area (Å²) in [6.45, 7) is 1.32. The first kappa shape index (κ1) is 25.3. The maximum absolute atomic E-state index is 13.0. The van der Waals surface area contributed by atoms with E-state index in [-0.39, 0.29) is 24.0 Å². The van der Waals surface area contributed by atoms with Crippen LogP contribution >= 0.6 is 0 Å². The monoisotopic (exact) mass is 522 g/mol. The lowest BCUT2D eigenvalue weighted by Gasteiger charge is -2.32. The number of nitrogens with zero attached hydrogens (tertiary/aromatic N) is 3. The van der Waals surface area contributed by atoms with Crippen molar-refractivity contribution in [2.45, 2.75) is 31.5 Å². The molecule has 2 aromatic carbocycles. The van der Waals surface area contributed by atoms with Gasteiger partial charge in [-0.15, -0.1) is 13.2 Å². The Morgan fingerprint density at radius 2 is 1.71 bits per heavy atom. The Morgan fingerprint density at radius 3 is 2.37 bits per heavy atom. The minimum atomic E-state index is -4.75. The van der Waals surface area contributed by atoms with Crippen LogP contribution in [0, 0.1) is 0 Å². The van der Waals surface area contributed by atoms with Gasteiger partial charge in [0.2, 0.25) is 5.91 Å². The number of fused-ring (bicyclic) bond motifs is 1. The van der Waals surface area contributed by atoms with Crippen molar-refractivity contribution in [2.24, 2.45) is 0 Å². The lowest BCUT2D eigenvalue weighted by molar-refractivity contribution is -0.274. The maximum atomic E-state index is 13.0. The van der Waals surface area contributed by atoms with Gasteiger partial charge in [0.05, 0.1) is 17.5 Å². The molecule has 0 bridgehead atoms. The van der Waals surface area contributed by atoms with E-state index in [0.29, 0.717) is 35.8 Å². The van der Waals surface area contributed by atoms with Gasteiger partial charge < -0.3 is 15.0 Å². The first-order chi connectivity index (χ1) is 18.2. The molecule has 0 saturated carbocycles. The third-order valence-corrected chi connectivity index (χ3v) is 6.59. The summed E-state index contributed by atoms with van der Waals surface area (Å²) in [5.41, 5.74) is 3.87. The molecular formula is C28H25F3N4O3. The number of alkyl halides is 3. The fraction of sp³-hybridized carbons (Fsp3) is 0.250. The summed E-state index contributed by atoms with van der Waals surface area (Å²) >= 11 is 0. The van der Waals surface area contributed by atoms with Gasteiger partial charge in [-0.2, -0.15) is 5.10 Å². The van der Waals surface area contributed by atoms with Crippen molar-refractivity contribution in [1.82, 2.24) is 14.5 Å². The summed E-state index contributed by atoms with van der Waals surface area (Å²) < 4.78 is 42.4. The Morgan fingerprint density at radius 1 is 1.00 bits per heavy atom. The van der Waals surface area contributed by atoms with E-state index >= 15 is 0 Å². The Bertz CT molecular complexity index is 1390. The van der Waals surface area contributed by atoms with E-state index < -0.39 is 6.36 Å². The van der Waals surface area contributed by atoms with Crippen LogP contribution in [0.1, 0.15) is 40.2 Å². The molecule has 0 unspecified atom stereocenters. The molecule has 5 rings (SSSR count). The molecule has 4 aromatic rings. The number of anilines is 1. The van der Waals surface area contributed by atoms with Crippen LogP contribution in [-0.2, 0) is 11.2 Å². The van der Waals surface area contributed by atoms with Crippen molar-refractivity contribution in [3.63, 3.8) is 0 Å². The number of likely N-dealkylation sites (tertiary alicyclic amines) is 1. The number of nitrogens with one attached hydrogen (secondary N) is 1. The van der Waals surface area contributed by atoms with Crippen LogP contribution in [0.2, 0.25) is 0 Å². The van der Waals surface area contributed by atoms with E-state index in [0.717, 1.165) is 23.9 Å². The van der Waals surface area contributed by atoms with Gasteiger partial charge >= 0.3 is 6.36 Å². The molecule has 196 valence electrons. The van der Waals surface area contributed by atoms with Gasteiger partial charge in [0.15, 0.2) is 0 Å². The molecule has 1 N–H and O–H groups in total. The van der Waals surface area contributed by atoms with Gasteiger partial charge in [-0.3, -0.25) is 9.59 Å². The van der Waals surface area contributed by atoms with Gasteiger partial charge in [0.1, 0.15) is 5.75 Å². The number of amides is 2. The Labute approximate surface area is 216 Å². The van der Waals surface area contributed by atoms with E-state index in [1.54, 1.807) is 16.9 Å². The summed E-state index contributed by atoms with van der Waals surface area (Å²) in [7, 11) is 0. The molecule has 0 atom stereocenters. The quantitative estimate of drug-likeness (QED) is 0.366. The second-order valence-electron chi connectivity index (χ2n) is 9.23. The molecule has 0 spiro atoms. The zero-order chi connectivity index (χ0) is 26.7. The smallest absolute Gasteiger partial charge is 0.406 e. The molecule has 0 aliphatic carbocycles. The average Bonchev–Trinajstić information content (AvgIpc) is 3.34. The molecule has 0 radical (unpaired) electrons. The summed E-state index contributed by atoms with van der Waals surface area (Å²) in [4.78, 5) is 27.2. The fourth-order valence-electron chi connectivity index (χ4n) is 4.70. The molecule has 1 aliphatic heterocycles. The predicted octanol–water partition coefficient (Wildman–Crippen LogP) is 5.43. The van der Waals surface area contributed by atoms with Crippen LogP contribution in [-0.4, -0.2) is 45.8 Å². The van der Waals surface area contributed by atoms with Gasteiger partial charge in [0, 0.05) is 31.2 Å². The first-order valence-corrected chi connectivity index (χ1v) is 12.2. The highest BCUT2D eigenvalue weighted by Gasteiger charge is 2.31. The van der Waals surface area contributed by atoms with Crippen LogP contribution in [0.25, 0.3) is 5.52 Å². The predicted molar refractivity (Wildman–Crippen MR) is 135 cm³/mol. The number of rotatable bonds is 6. The Balaban J connectivity index is 1.11. The first-order valence-electron chi connectivity index (χ1n) is 12.2. The van der Waals surface area contributed by atoms with E-state index in [4.69, 9.17) is 0 Å². The standard InChI is InChI=1S/C28H25F3N4O3/c29-28(30,31)38-25-9-3-19(4-10-25)16-26(36)33-23-7-5-20(6-8-23)21-11-14-34(15-12-21)27(37)22-17-24-2-1-13-32-35(24)18-22/h1-10,13,17-18,21H,11-12,14-16H2,(H,33,36). The fourth-order valence-corrected chi connectivity index (χ4v) is 4.70. The van der Waals surface area contributed by atoms with Crippen LogP contribution in [0.15, 0.2) is 79.1 Å². The van der Waals surface area contributed by atoms with Crippen LogP contribution in [0.4, 0.5) is 18.9 Å². The van der Waals surface area contributed by atoms with Crippen molar-refractivity contribution >= 4 is 23.0 Å². The highest BCUT2D eigenvalue weighted by Crippen LogP contribution is 2.30. The number of benzene rings is 2. The zero-order valence-electron chi connectivity index (χ0n) is 20.3. The van der Waals surface area contributed by atoms with E-state index in [1.165, 1.54) is 24.3 Å². The third-order valence-electron chi connectivity index (χ3n) is 6.59. The number of hydrogen-bond donors (Lipinski definition) is 1. The van der Waals surface area contributed by atoms with Gasteiger partial charge in [-0.05, 0) is 72.4 Å². The van der Waals surface area contributed by atoms with Crippen molar-refractivity contribution in [3.8, 4) is 5.75 Å². The molecule has 10 heteroatoms. The molecule has 1 aliphatic rings. The molecule has 1 fully saturated rings. The molecule has 2 aromatic heterocycles. The van der Waals surface area contributed by atoms with Crippen molar-refractivity contribution in [3.05, 3.63) is 95.8 Å². The summed E-state index contributed by atoms with van der Waals surface area (Å²) in [6, 6.07) is 18.5. The third kappa shape index (κ3) is 6.13. The zero-order valence-corrected chi connectivity index (χ0v) is 20.3. The number of halogens is 3. The van der Waals surface area contributed by atoms with Gasteiger partial charge in [0.25, 0.3) is 5.91 Å². The van der Waals surface area contributed by atoms with E-state index in [2.05, 4.69) is 15.2 Å². The van der Waals surface area contributed by atoms with Crippen LogP contribution in [0.3, 0.4) is 0 Å². The minimum Gasteiger partial charge on any atom is -0.406 e. The molecule has 1 saturated heterocycles. The molecule has 38 heavy (non-hydrogen) atoms. The minimum absolute atomic E-state index is 0.00882. The number of carbonyl (C=O) groups excluding carboxylic acids is 2. The summed E-state index contributed by atoms with van der Waals surface area (Å²) in [5, 5.41) is 7.04. The van der Waals surface area contributed by atoms with E-state index in [9.17, 15) is 22.8 Å². The Hall–Kier alpha value is -4.34. The number of carbonyl (C=O) groups is 2.